The van der Waals surface area contributed by atoms with Gasteiger partial charge in [-0.15, -0.1) is 5.10 Å². The molecule has 6 N–H and O–H groups in total. The van der Waals surface area contributed by atoms with Gasteiger partial charge in [0, 0.05) is 13.0 Å². The third-order valence-corrected chi connectivity index (χ3v) is 4.41. The van der Waals surface area contributed by atoms with Crippen LogP contribution in [-0.2, 0) is 25.7 Å². The Morgan fingerprint density at radius 2 is 1.61 bits per heavy atom. The number of hydrogen-bond acceptors (Lipinski definition) is 7. The summed E-state index contributed by atoms with van der Waals surface area (Å²) in [7, 11) is 0. The van der Waals surface area contributed by atoms with Crippen LogP contribution in [-0.4, -0.2) is 78.8 Å². The second-order valence-electron chi connectivity index (χ2n) is 6.42. The zero-order valence-electron chi connectivity index (χ0n) is 16.3. The molecule has 0 bridgehead atoms. The molecule has 0 aliphatic rings. The van der Waals surface area contributed by atoms with Crippen LogP contribution in [0.1, 0.15) is 32.1 Å². The van der Waals surface area contributed by atoms with E-state index in [2.05, 4.69) is 26.3 Å². The number of nitrogens with zero attached hydrogens (tertiary/aromatic N) is 3. The minimum Gasteiger partial charge on any atom is -0.481 e. The van der Waals surface area contributed by atoms with Gasteiger partial charge in [-0.2, -0.15) is 0 Å². The van der Waals surface area contributed by atoms with Gasteiger partial charge in [0.1, 0.15) is 22.3 Å². The zero-order valence-corrected chi connectivity index (χ0v) is 18.4. The summed E-state index contributed by atoms with van der Waals surface area (Å²) in [5.41, 5.74) is 0. The highest BCUT2D eigenvalue weighted by atomic mass is 127. The van der Waals surface area contributed by atoms with E-state index in [9.17, 15) is 29.1 Å². The first-order chi connectivity index (χ1) is 14.6. The van der Waals surface area contributed by atoms with Crippen LogP contribution in [0.5, 0.6) is 0 Å². The van der Waals surface area contributed by atoms with E-state index in [1.807, 2.05) is 22.6 Å². The van der Waals surface area contributed by atoms with Crippen molar-refractivity contribution in [2.24, 2.45) is 0 Å². The number of urea groups is 1. The lowest BCUT2D eigenvalue weighted by Gasteiger charge is -2.18. The maximum Gasteiger partial charge on any atom is 0.326 e. The van der Waals surface area contributed by atoms with E-state index in [0.717, 1.165) is 0 Å². The van der Waals surface area contributed by atoms with Crippen molar-refractivity contribution in [2.45, 2.75) is 50.7 Å². The van der Waals surface area contributed by atoms with Crippen molar-refractivity contribution in [3.05, 3.63) is 9.90 Å². The van der Waals surface area contributed by atoms with Crippen molar-refractivity contribution in [2.75, 3.05) is 6.54 Å². The summed E-state index contributed by atoms with van der Waals surface area (Å²) in [5, 5.41) is 41.2. The summed E-state index contributed by atoms with van der Waals surface area (Å²) in [6.45, 7) is 0.293. The Labute approximate surface area is 189 Å². The number of halogens is 1. The monoisotopic (exact) mass is 554 g/mol. The number of carboxylic acid groups (broad SMARTS) is 3. The minimum atomic E-state index is -1.46. The lowest BCUT2D eigenvalue weighted by atomic mass is 10.1. The molecule has 0 aliphatic carbocycles. The molecule has 0 saturated heterocycles. The van der Waals surface area contributed by atoms with Gasteiger partial charge in [0.25, 0.3) is 0 Å². The molecule has 0 radical (unpaired) electrons. The Bertz CT molecular complexity index is 801. The first kappa shape index (κ1) is 26.1. The van der Waals surface area contributed by atoms with Crippen LogP contribution in [0.25, 0.3) is 0 Å². The molecule has 0 saturated carbocycles. The molecular weight excluding hydrogens is 531 g/mol. The Morgan fingerprint density at radius 1 is 1.00 bits per heavy atom. The minimum absolute atomic E-state index is 0.00208. The average Bonchev–Trinajstić information content (AvgIpc) is 3.07. The maximum absolute atomic E-state index is 11.9. The van der Waals surface area contributed by atoms with Crippen molar-refractivity contribution in [1.29, 1.82) is 0 Å². The van der Waals surface area contributed by atoms with Gasteiger partial charge in [0.2, 0.25) is 5.91 Å². The highest BCUT2D eigenvalue weighted by Gasteiger charge is 2.24. The van der Waals surface area contributed by atoms with E-state index in [1.54, 1.807) is 6.20 Å². The van der Waals surface area contributed by atoms with E-state index >= 15 is 0 Å². The van der Waals surface area contributed by atoms with Crippen LogP contribution in [0.2, 0.25) is 0 Å². The quantitative estimate of drug-likeness (QED) is 0.125. The van der Waals surface area contributed by atoms with Crippen LogP contribution < -0.4 is 16.0 Å². The number of nitrogens with one attached hydrogen (secondary N) is 3. The highest BCUT2D eigenvalue weighted by molar-refractivity contribution is 14.1. The molecule has 172 valence electrons. The molecule has 1 rings (SSSR count). The average molecular weight is 554 g/mol. The summed E-state index contributed by atoms with van der Waals surface area (Å²) in [5.74, 6) is -4.24. The molecule has 31 heavy (non-hydrogen) atoms. The third-order valence-electron chi connectivity index (χ3n) is 3.91. The molecule has 2 atom stereocenters. The zero-order chi connectivity index (χ0) is 23.4. The first-order valence-electron chi connectivity index (χ1n) is 9.15. The smallest absolute Gasteiger partial charge is 0.326 e. The Morgan fingerprint density at radius 3 is 2.13 bits per heavy atom. The summed E-state index contributed by atoms with van der Waals surface area (Å²) >= 11 is 1.96. The molecule has 3 amide bonds. The Kier molecular flexibility index (Phi) is 11.2. The van der Waals surface area contributed by atoms with Gasteiger partial charge in [-0.25, -0.2) is 19.1 Å². The first-order valence-corrected chi connectivity index (χ1v) is 10.2. The van der Waals surface area contributed by atoms with Gasteiger partial charge in [0.05, 0.1) is 6.20 Å². The fourth-order valence-electron chi connectivity index (χ4n) is 2.40. The number of hydrogen-bond donors (Lipinski definition) is 6. The maximum atomic E-state index is 11.9. The largest absolute Gasteiger partial charge is 0.481 e. The van der Waals surface area contributed by atoms with Gasteiger partial charge in [-0.1, -0.05) is 5.21 Å². The van der Waals surface area contributed by atoms with Crippen LogP contribution in [0.15, 0.2) is 6.20 Å². The Balaban J connectivity index is 2.35. The predicted octanol–water partition coefficient (Wildman–Crippen LogP) is -0.760. The van der Waals surface area contributed by atoms with Crippen LogP contribution in [0, 0.1) is 3.70 Å². The summed E-state index contributed by atoms with van der Waals surface area (Å²) in [6, 6.07) is -3.77. The standard InChI is InChI=1S/C16H23IN6O8/c17-11-7-23(22-21-11)8-12(24)18-6-2-1-3-9(14(27)28)19-16(31)20-10(15(29)30)4-5-13(25)26/h7,9-10H,1-6,8H2,(H,18,24)(H,25,26)(H,27,28)(H,29,30)(H2,19,20,31)/t9-,10-/m0/s1. The summed E-state index contributed by atoms with van der Waals surface area (Å²) < 4.78 is 2.03. The van der Waals surface area contributed by atoms with Crippen LogP contribution in [0.3, 0.4) is 0 Å². The highest BCUT2D eigenvalue weighted by Crippen LogP contribution is 2.03. The van der Waals surface area contributed by atoms with Crippen molar-refractivity contribution in [1.82, 2.24) is 30.9 Å². The molecule has 0 aliphatic heterocycles. The van der Waals surface area contributed by atoms with Gasteiger partial charge in [-0.3, -0.25) is 9.59 Å². The fourth-order valence-corrected chi connectivity index (χ4v) is 2.82. The van der Waals surface area contributed by atoms with Gasteiger partial charge in [0.15, 0.2) is 0 Å². The van der Waals surface area contributed by atoms with E-state index in [1.165, 1.54) is 4.68 Å². The second kappa shape index (κ2) is 13.3. The van der Waals surface area contributed by atoms with E-state index < -0.39 is 42.4 Å². The lowest BCUT2D eigenvalue weighted by molar-refractivity contribution is -0.140. The molecule has 0 unspecified atom stereocenters. The third kappa shape index (κ3) is 11.1. The number of carbonyl (C=O) groups excluding carboxylic acids is 2. The van der Waals surface area contributed by atoms with Gasteiger partial charge >= 0.3 is 23.9 Å². The van der Waals surface area contributed by atoms with E-state index in [0.29, 0.717) is 23.1 Å². The van der Waals surface area contributed by atoms with E-state index in [-0.39, 0.29) is 25.3 Å². The molecule has 1 aromatic heterocycles. The van der Waals surface area contributed by atoms with Crippen LogP contribution in [0.4, 0.5) is 4.79 Å². The summed E-state index contributed by atoms with van der Waals surface area (Å²) in [6.07, 6.45) is 1.65. The molecule has 14 nitrogen and oxygen atoms in total. The number of unbranched alkanes of at least 4 members (excludes halogenated alkanes) is 1. The SMILES string of the molecule is O=C(O)CC[C@H](NC(=O)N[C@@H](CCCCNC(=O)Cn1cc(I)nn1)C(=O)O)C(=O)O. The van der Waals surface area contributed by atoms with E-state index in [4.69, 9.17) is 10.2 Å². The van der Waals surface area contributed by atoms with Crippen molar-refractivity contribution in [3.63, 3.8) is 0 Å². The number of carbonyl (C=O) groups is 5. The molecular formula is C16H23IN6O8. The number of carboxylic acids is 3. The normalized spacial score (nSPS) is 12.4. The summed E-state index contributed by atoms with van der Waals surface area (Å²) in [4.78, 5) is 56.6. The van der Waals surface area contributed by atoms with Crippen molar-refractivity contribution >= 4 is 52.4 Å². The molecule has 1 aromatic rings. The molecule has 0 fully saturated rings. The molecule has 0 spiro atoms. The fraction of sp³-hybridized carbons (Fsp3) is 0.562. The topological polar surface area (TPSA) is 213 Å². The molecule has 0 aromatic carbocycles. The Hall–Kier alpha value is -2.98. The molecule has 1 heterocycles. The lowest BCUT2D eigenvalue weighted by Crippen LogP contribution is -2.51. The number of aliphatic carboxylic acids is 3. The molecule has 15 heteroatoms. The van der Waals surface area contributed by atoms with Crippen molar-refractivity contribution < 1.29 is 39.3 Å². The van der Waals surface area contributed by atoms with Gasteiger partial charge in [-0.05, 0) is 48.3 Å². The second-order valence-corrected chi connectivity index (χ2v) is 7.52. The number of rotatable bonds is 14. The number of amides is 3. The van der Waals surface area contributed by atoms with Gasteiger partial charge < -0.3 is 31.3 Å². The van der Waals surface area contributed by atoms with Crippen molar-refractivity contribution in [3.8, 4) is 0 Å². The van der Waals surface area contributed by atoms with Crippen LogP contribution >= 0.6 is 22.6 Å². The number of aromatic nitrogens is 3. The predicted molar refractivity (Wildman–Crippen MR) is 111 cm³/mol.